The van der Waals surface area contributed by atoms with Crippen LogP contribution in [0.5, 0.6) is 0 Å². The maximum atomic E-state index is 9.59. The van der Waals surface area contributed by atoms with Gasteiger partial charge in [-0.25, -0.2) is 0 Å². The molecular weight excluding hydrogens is 130 g/mol. The van der Waals surface area contributed by atoms with Crippen molar-refractivity contribution in [3.8, 4) is 0 Å². The molecule has 0 heterocycles. The average molecular weight is 145 g/mol. The van der Waals surface area contributed by atoms with Gasteiger partial charge in [0.2, 0.25) is 0 Å². The number of rotatable bonds is 7. The first-order chi connectivity index (χ1) is 4.91. The van der Waals surface area contributed by atoms with Gasteiger partial charge >= 0.3 is 0 Å². The summed E-state index contributed by atoms with van der Waals surface area (Å²) in [6.45, 7) is 3.99. The van der Waals surface area contributed by atoms with Crippen LogP contribution in [-0.2, 0) is 4.74 Å². The summed E-state index contributed by atoms with van der Waals surface area (Å²) in [6, 6.07) is 0. The Bertz CT molecular complexity index is 76.0. The van der Waals surface area contributed by atoms with Gasteiger partial charge < -0.3 is 4.74 Å². The van der Waals surface area contributed by atoms with Crippen molar-refractivity contribution < 1.29 is 4.74 Å². The van der Waals surface area contributed by atoms with Gasteiger partial charge in [0.05, 0.1) is 6.54 Å². The number of ether oxygens (including phenoxy) is 1. The molecule has 0 aromatic rings. The van der Waals surface area contributed by atoms with Crippen molar-refractivity contribution in [2.45, 2.75) is 26.2 Å². The fourth-order valence-corrected chi connectivity index (χ4v) is 0.580. The summed E-state index contributed by atoms with van der Waals surface area (Å²) in [5.41, 5.74) is 0. The van der Waals surface area contributed by atoms with Crippen molar-refractivity contribution in [1.82, 2.24) is 0 Å². The lowest BCUT2D eigenvalue weighted by molar-refractivity contribution is 0.130. The first-order valence-electron chi connectivity index (χ1n) is 3.78. The molecule has 0 atom stereocenters. The van der Waals surface area contributed by atoms with E-state index in [4.69, 9.17) is 4.74 Å². The summed E-state index contributed by atoms with van der Waals surface area (Å²) in [4.78, 5) is 9.59. The van der Waals surface area contributed by atoms with Crippen molar-refractivity contribution in [3.05, 3.63) is 4.91 Å². The second kappa shape index (κ2) is 8.56. The second-order valence-corrected chi connectivity index (χ2v) is 2.17. The van der Waals surface area contributed by atoms with Gasteiger partial charge in [-0.15, -0.1) is 0 Å². The summed E-state index contributed by atoms with van der Waals surface area (Å²) in [5, 5.41) is 2.72. The SMILES string of the molecule is CCCCOCCCN=O. The maximum absolute atomic E-state index is 9.59. The van der Waals surface area contributed by atoms with Crippen LogP contribution in [0.3, 0.4) is 0 Å². The van der Waals surface area contributed by atoms with Crippen LogP contribution in [-0.4, -0.2) is 19.8 Å². The molecule has 3 nitrogen and oxygen atoms in total. The second-order valence-electron chi connectivity index (χ2n) is 2.17. The van der Waals surface area contributed by atoms with E-state index in [1.54, 1.807) is 0 Å². The predicted molar refractivity (Wildman–Crippen MR) is 41.0 cm³/mol. The topological polar surface area (TPSA) is 38.7 Å². The molecule has 0 aliphatic heterocycles. The van der Waals surface area contributed by atoms with E-state index in [0.717, 1.165) is 25.9 Å². The van der Waals surface area contributed by atoms with E-state index in [-0.39, 0.29) is 0 Å². The molecule has 3 heteroatoms. The van der Waals surface area contributed by atoms with Gasteiger partial charge in [-0.05, 0) is 12.8 Å². The number of nitroso groups, excluding NO2 is 1. The summed E-state index contributed by atoms with van der Waals surface area (Å²) in [7, 11) is 0. The van der Waals surface area contributed by atoms with Gasteiger partial charge in [-0.3, -0.25) is 0 Å². The Kier molecular flexibility index (Phi) is 8.18. The van der Waals surface area contributed by atoms with Gasteiger partial charge in [-0.1, -0.05) is 18.5 Å². The third-order valence-electron chi connectivity index (χ3n) is 1.18. The molecule has 0 radical (unpaired) electrons. The lowest BCUT2D eigenvalue weighted by Gasteiger charge is -1.99. The minimum absolute atomic E-state index is 0.381. The molecule has 60 valence electrons. The van der Waals surface area contributed by atoms with E-state index in [0.29, 0.717) is 13.2 Å². The molecule has 0 aromatic carbocycles. The highest BCUT2D eigenvalue weighted by Gasteiger charge is 1.87. The van der Waals surface area contributed by atoms with Gasteiger partial charge in [-0.2, -0.15) is 4.91 Å². The lowest BCUT2D eigenvalue weighted by atomic mass is 10.4. The zero-order valence-corrected chi connectivity index (χ0v) is 6.51. The Morgan fingerprint density at radius 1 is 1.30 bits per heavy atom. The number of hydrogen-bond donors (Lipinski definition) is 0. The first-order valence-corrected chi connectivity index (χ1v) is 3.78. The van der Waals surface area contributed by atoms with E-state index in [9.17, 15) is 4.91 Å². The molecule has 0 spiro atoms. The lowest BCUT2D eigenvalue weighted by Crippen LogP contribution is -1.97. The van der Waals surface area contributed by atoms with E-state index in [2.05, 4.69) is 12.1 Å². The molecular formula is C7H15NO2. The molecule has 0 amide bonds. The molecule has 0 fully saturated rings. The normalized spacial score (nSPS) is 9.70. The van der Waals surface area contributed by atoms with E-state index in [1.807, 2.05) is 0 Å². The van der Waals surface area contributed by atoms with E-state index >= 15 is 0 Å². The maximum Gasteiger partial charge on any atom is 0.0833 e. The van der Waals surface area contributed by atoms with Crippen LogP contribution < -0.4 is 0 Å². The number of hydrogen-bond acceptors (Lipinski definition) is 3. The van der Waals surface area contributed by atoms with Crippen LogP contribution in [0, 0.1) is 4.91 Å². The Morgan fingerprint density at radius 3 is 2.60 bits per heavy atom. The first kappa shape index (κ1) is 9.56. The molecule has 0 aromatic heterocycles. The van der Waals surface area contributed by atoms with Crippen molar-refractivity contribution in [3.63, 3.8) is 0 Å². The third kappa shape index (κ3) is 7.56. The highest BCUT2D eigenvalue weighted by Crippen LogP contribution is 1.89. The Morgan fingerprint density at radius 2 is 2.00 bits per heavy atom. The third-order valence-corrected chi connectivity index (χ3v) is 1.18. The van der Waals surface area contributed by atoms with Crippen LogP contribution in [0.25, 0.3) is 0 Å². The fourth-order valence-electron chi connectivity index (χ4n) is 0.580. The van der Waals surface area contributed by atoms with Crippen LogP contribution in [0.4, 0.5) is 0 Å². The van der Waals surface area contributed by atoms with Gasteiger partial charge in [0.25, 0.3) is 0 Å². The average Bonchev–Trinajstić information content (AvgIpc) is 1.97. The van der Waals surface area contributed by atoms with Gasteiger partial charge in [0.1, 0.15) is 0 Å². The monoisotopic (exact) mass is 145 g/mol. The minimum Gasteiger partial charge on any atom is -0.381 e. The van der Waals surface area contributed by atoms with Crippen molar-refractivity contribution >= 4 is 0 Å². The van der Waals surface area contributed by atoms with E-state index in [1.165, 1.54) is 0 Å². The molecule has 0 unspecified atom stereocenters. The van der Waals surface area contributed by atoms with Crippen molar-refractivity contribution in [2.24, 2.45) is 5.18 Å². The quantitative estimate of drug-likeness (QED) is 0.405. The summed E-state index contributed by atoms with van der Waals surface area (Å²) in [5.74, 6) is 0. The molecule has 0 saturated carbocycles. The fraction of sp³-hybridized carbons (Fsp3) is 1.00. The smallest absolute Gasteiger partial charge is 0.0833 e. The predicted octanol–water partition coefficient (Wildman–Crippen LogP) is 1.96. The van der Waals surface area contributed by atoms with Crippen molar-refractivity contribution in [2.75, 3.05) is 19.8 Å². The summed E-state index contributed by atoms with van der Waals surface area (Å²) < 4.78 is 5.18. The molecule has 10 heavy (non-hydrogen) atoms. The Labute approximate surface area is 61.7 Å². The Balaban J connectivity index is 2.70. The Hall–Kier alpha value is -0.440. The standard InChI is InChI=1S/C7H15NO2/c1-2-3-6-10-7-4-5-8-9/h2-7H2,1H3. The molecule has 0 aliphatic rings. The van der Waals surface area contributed by atoms with Crippen LogP contribution >= 0.6 is 0 Å². The zero-order chi connectivity index (χ0) is 7.66. The number of unbranched alkanes of at least 4 members (excludes halogenated alkanes) is 1. The van der Waals surface area contributed by atoms with Crippen molar-refractivity contribution in [1.29, 1.82) is 0 Å². The summed E-state index contributed by atoms with van der Waals surface area (Å²) >= 11 is 0. The van der Waals surface area contributed by atoms with Crippen LogP contribution in [0.15, 0.2) is 5.18 Å². The van der Waals surface area contributed by atoms with Crippen LogP contribution in [0.1, 0.15) is 26.2 Å². The van der Waals surface area contributed by atoms with E-state index < -0.39 is 0 Å². The largest absolute Gasteiger partial charge is 0.381 e. The zero-order valence-electron chi connectivity index (χ0n) is 6.51. The highest BCUT2D eigenvalue weighted by atomic mass is 16.5. The molecule has 0 rings (SSSR count). The molecule has 0 N–H and O–H groups in total. The van der Waals surface area contributed by atoms with Gasteiger partial charge in [0, 0.05) is 13.2 Å². The van der Waals surface area contributed by atoms with Crippen LogP contribution in [0.2, 0.25) is 0 Å². The molecule has 0 saturated heterocycles. The summed E-state index contributed by atoms with van der Waals surface area (Å²) in [6.07, 6.45) is 3.02. The number of nitrogens with zero attached hydrogens (tertiary/aromatic N) is 1. The molecule has 0 aliphatic carbocycles. The van der Waals surface area contributed by atoms with Gasteiger partial charge in [0.15, 0.2) is 0 Å². The highest BCUT2D eigenvalue weighted by molar-refractivity contribution is 4.40. The minimum atomic E-state index is 0.381. The molecule has 0 bridgehead atoms.